The van der Waals surface area contributed by atoms with Gasteiger partial charge in [-0.1, -0.05) is 0 Å². The third kappa shape index (κ3) is 2.50. The van der Waals surface area contributed by atoms with Crippen LogP contribution in [0.4, 0.5) is 0 Å². The summed E-state index contributed by atoms with van der Waals surface area (Å²) in [5.74, 6) is 1.34. The molecule has 1 atom stereocenters. The zero-order chi connectivity index (χ0) is 12.3. The zero-order valence-electron chi connectivity index (χ0n) is 9.95. The van der Waals surface area contributed by atoms with Crippen LogP contribution in [0.2, 0.25) is 0 Å². The van der Waals surface area contributed by atoms with Gasteiger partial charge in [0.15, 0.2) is 0 Å². The first-order valence-corrected chi connectivity index (χ1v) is 5.48. The smallest absolute Gasteiger partial charge is 0.241 e. The SMILES string of the molecule is COc1cc(OC)cc([C@@H]2NCCNC2=O)c1. The average Bonchev–Trinajstić information content (AvgIpc) is 2.38. The second-order valence-electron chi connectivity index (χ2n) is 3.82. The van der Waals surface area contributed by atoms with Crippen molar-refractivity contribution in [3.05, 3.63) is 23.8 Å². The molecule has 1 aromatic carbocycles. The van der Waals surface area contributed by atoms with E-state index >= 15 is 0 Å². The molecule has 0 bridgehead atoms. The molecule has 92 valence electrons. The maximum absolute atomic E-state index is 11.7. The second-order valence-corrected chi connectivity index (χ2v) is 3.82. The molecule has 0 saturated carbocycles. The van der Waals surface area contributed by atoms with Gasteiger partial charge in [-0.25, -0.2) is 0 Å². The van der Waals surface area contributed by atoms with Gasteiger partial charge in [-0.05, 0) is 17.7 Å². The van der Waals surface area contributed by atoms with Crippen molar-refractivity contribution in [2.75, 3.05) is 27.3 Å². The average molecular weight is 236 g/mol. The van der Waals surface area contributed by atoms with Gasteiger partial charge in [0.25, 0.3) is 0 Å². The molecule has 0 spiro atoms. The second kappa shape index (κ2) is 5.05. The van der Waals surface area contributed by atoms with E-state index in [1.807, 2.05) is 12.1 Å². The first-order valence-electron chi connectivity index (χ1n) is 5.48. The summed E-state index contributed by atoms with van der Waals surface area (Å²) in [6.45, 7) is 1.42. The highest BCUT2D eigenvalue weighted by atomic mass is 16.5. The number of rotatable bonds is 3. The van der Waals surface area contributed by atoms with Gasteiger partial charge in [-0.3, -0.25) is 4.79 Å². The van der Waals surface area contributed by atoms with Crippen molar-refractivity contribution >= 4 is 5.91 Å². The molecule has 0 radical (unpaired) electrons. The van der Waals surface area contributed by atoms with E-state index in [1.165, 1.54) is 0 Å². The lowest BCUT2D eigenvalue weighted by molar-refractivity contribution is -0.124. The maximum atomic E-state index is 11.7. The van der Waals surface area contributed by atoms with Gasteiger partial charge < -0.3 is 20.1 Å². The molecule has 1 fully saturated rings. The minimum Gasteiger partial charge on any atom is -0.497 e. The van der Waals surface area contributed by atoms with Crippen LogP contribution < -0.4 is 20.1 Å². The molecule has 5 heteroatoms. The van der Waals surface area contributed by atoms with Crippen LogP contribution in [0.1, 0.15) is 11.6 Å². The molecular weight excluding hydrogens is 220 g/mol. The third-order valence-corrected chi connectivity index (χ3v) is 2.74. The molecule has 17 heavy (non-hydrogen) atoms. The molecule has 5 nitrogen and oxygen atoms in total. The molecule has 2 rings (SSSR count). The van der Waals surface area contributed by atoms with Crippen molar-refractivity contribution in [2.24, 2.45) is 0 Å². The summed E-state index contributed by atoms with van der Waals surface area (Å²) < 4.78 is 10.4. The van der Waals surface area contributed by atoms with Crippen molar-refractivity contribution in [1.29, 1.82) is 0 Å². The van der Waals surface area contributed by atoms with Gasteiger partial charge in [-0.2, -0.15) is 0 Å². The van der Waals surface area contributed by atoms with Crippen molar-refractivity contribution in [1.82, 2.24) is 10.6 Å². The summed E-state index contributed by atoms with van der Waals surface area (Å²) >= 11 is 0. The Bertz CT molecular complexity index is 398. The summed E-state index contributed by atoms with van der Waals surface area (Å²) in [5, 5.41) is 5.99. The van der Waals surface area contributed by atoms with Crippen molar-refractivity contribution < 1.29 is 14.3 Å². The highest BCUT2D eigenvalue weighted by Crippen LogP contribution is 2.27. The summed E-state index contributed by atoms with van der Waals surface area (Å²) in [4.78, 5) is 11.7. The van der Waals surface area contributed by atoms with Crippen molar-refractivity contribution in [2.45, 2.75) is 6.04 Å². The predicted molar refractivity (Wildman–Crippen MR) is 63.3 cm³/mol. The number of methoxy groups -OCH3 is 2. The van der Waals surface area contributed by atoms with E-state index in [4.69, 9.17) is 9.47 Å². The number of carbonyl (C=O) groups excluding carboxylic acids is 1. The first kappa shape index (κ1) is 11.7. The minimum absolute atomic E-state index is 0.0217. The maximum Gasteiger partial charge on any atom is 0.241 e. The number of piperazine rings is 1. The number of amides is 1. The Labute approximate surface area is 100 Å². The molecule has 0 aliphatic carbocycles. The van der Waals surface area contributed by atoms with E-state index in [9.17, 15) is 4.79 Å². The summed E-state index contributed by atoms with van der Waals surface area (Å²) in [5.41, 5.74) is 0.846. The van der Waals surface area contributed by atoms with Crippen LogP contribution in [0.15, 0.2) is 18.2 Å². The Balaban J connectivity index is 2.32. The van der Waals surface area contributed by atoms with Gasteiger partial charge >= 0.3 is 0 Å². The Morgan fingerprint density at radius 1 is 1.12 bits per heavy atom. The quantitative estimate of drug-likeness (QED) is 0.800. The minimum atomic E-state index is -0.340. The fourth-order valence-corrected chi connectivity index (χ4v) is 1.86. The van der Waals surface area contributed by atoms with E-state index in [1.54, 1.807) is 20.3 Å². The highest BCUT2D eigenvalue weighted by Gasteiger charge is 2.24. The van der Waals surface area contributed by atoms with Crippen LogP contribution in [0, 0.1) is 0 Å². The Morgan fingerprint density at radius 2 is 1.76 bits per heavy atom. The van der Waals surface area contributed by atoms with E-state index in [0.29, 0.717) is 18.0 Å². The van der Waals surface area contributed by atoms with E-state index < -0.39 is 0 Å². The third-order valence-electron chi connectivity index (χ3n) is 2.74. The van der Waals surface area contributed by atoms with Crippen molar-refractivity contribution in [3.63, 3.8) is 0 Å². The normalized spacial score (nSPS) is 19.6. The van der Waals surface area contributed by atoms with Gasteiger partial charge in [-0.15, -0.1) is 0 Å². The number of benzene rings is 1. The first-order chi connectivity index (χ1) is 8.24. The topological polar surface area (TPSA) is 59.6 Å². The standard InChI is InChI=1S/C12H16N2O3/c1-16-9-5-8(6-10(7-9)17-2)11-12(15)14-4-3-13-11/h5-7,11,13H,3-4H2,1-2H3,(H,14,15)/t11-/m0/s1. The van der Waals surface area contributed by atoms with Gasteiger partial charge in [0.1, 0.15) is 17.5 Å². The van der Waals surface area contributed by atoms with Crippen molar-refractivity contribution in [3.8, 4) is 11.5 Å². The number of hydrogen-bond acceptors (Lipinski definition) is 4. The number of nitrogens with one attached hydrogen (secondary N) is 2. The monoisotopic (exact) mass is 236 g/mol. The predicted octanol–water partition coefficient (Wildman–Crippen LogP) is 0.464. The largest absolute Gasteiger partial charge is 0.497 e. The number of carbonyl (C=O) groups is 1. The Morgan fingerprint density at radius 3 is 2.29 bits per heavy atom. The number of hydrogen-bond donors (Lipinski definition) is 2. The van der Waals surface area contributed by atoms with Crippen LogP contribution in [0.5, 0.6) is 11.5 Å². The molecule has 1 aliphatic heterocycles. The molecule has 1 amide bonds. The lowest BCUT2D eigenvalue weighted by Gasteiger charge is -2.24. The van der Waals surface area contributed by atoms with Gasteiger partial charge in [0, 0.05) is 19.2 Å². The Kier molecular flexibility index (Phi) is 3.49. The van der Waals surface area contributed by atoms with Gasteiger partial charge in [0.2, 0.25) is 5.91 Å². The molecule has 0 aromatic heterocycles. The zero-order valence-corrected chi connectivity index (χ0v) is 9.95. The van der Waals surface area contributed by atoms with Crippen LogP contribution in [0.3, 0.4) is 0 Å². The summed E-state index contributed by atoms with van der Waals surface area (Å²) in [7, 11) is 3.18. The van der Waals surface area contributed by atoms with Crippen LogP contribution >= 0.6 is 0 Å². The Hall–Kier alpha value is -1.75. The molecule has 2 N–H and O–H groups in total. The molecule has 1 heterocycles. The van der Waals surface area contributed by atoms with Crippen LogP contribution in [0.25, 0.3) is 0 Å². The van der Waals surface area contributed by atoms with E-state index in [-0.39, 0.29) is 11.9 Å². The van der Waals surface area contributed by atoms with Crippen LogP contribution in [-0.2, 0) is 4.79 Å². The molecular formula is C12H16N2O3. The van der Waals surface area contributed by atoms with E-state index in [2.05, 4.69) is 10.6 Å². The molecule has 1 saturated heterocycles. The fraction of sp³-hybridized carbons (Fsp3) is 0.417. The fourth-order valence-electron chi connectivity index (χ4n) is 1.86. The molecule has 1 aromatic rings. The summed E-state index contributed by atoms with van der Waals surface area (Å²) in [6, 6.07) is 5.12. The van der Waals surface area contributed by atoms with E-state index in [0.717, 1.165) is 12.1 Å². The lowest BCUT2D eigenvalue weighted by atomic mass is 10.0. The summed E-state index contributed by atoms with van der Waals surface area (Å²) in [6.07, 6.45) is 0. The van der Waals surface area contributed by atoms with Crippen LogP contribution in [-0.4, -0.2) is 33.2 Å². The lowest BCUT2D eigenvalue weighted by Crippen LogP contribution is -2.47. The number of ether oxygens (including phenoxy) is 2. The highest BCUT2D eigenvalue weighted by molar-refractivity contribution is 5.84. The van der Waals surface area contributed by atoms with Gasteiger partial charge in [0.05, 0.1) is 14.2 Å². The molecule has 0 unspecified atom stereocenters. The molecule has 1 aliphatic rings.